The van der Waals surface area contributed by atoms with Crippen LogP contribution in [0.1, 0.15) is 0 Å². The molecule has 0 aliphatic rings. The SMILES string of the molecule is Clc1cc[se]c1Cl. The van der Waals surface area contributed by atoms with Gasteiger partial charge in [0.2, 0.25) is 0 Å². The Morgan fingerprint density at radius 2 is 2.14 bits per heavy atom. The zero-order chi connectivity index (χ0) is 5.28. The van der Waals surface area contributed by atoms with Crippen LogP contribution in [0, 0.1) is 0 Å². The summed E-state index contributed by atoms with van der Waals surface area (Å²) in [5, 5.41) is 0.710. The van der Waals surface area contributed by atoms with E-state index >= 15 is 0 Å². The van der Waals surface area contributed by atoms with Gasteiger partial charge in [-0.2, -0.15) is 0 Å². The molecule has 1 aromatic heterocycles. The monoisotopic (exact) mass is 200 g/mol. The summed E-state index contributed by atoms with van der Waals surface area (Å²) in [5.41, 5.74) is 0. The van der Waals surface area contributed by atoms with Gasteiger partial charge in [-0.3, -0.25) is 0 Å². The van der Waals surface area contributed by atoms with Gasteiger partial charge in [0, 0.05) is 0 Å². The first kappa shape index (κ1) is 5.71. The molecule has 1 heterocycles. The van der Waals surface area contributed by atoms with Crippen LogP contribution in [0.2, 0.25) is 8.92 Å². The van der Waals surface area contributed by atoms with E-state index < -0.39 is 0 Å². The summed E-state index contributed by atoms with van der Waals surface area (Å²) in [6.45, 7) is 0. The average molecular weight is 200 g/mol. The van der Waals surface area contributed by atoms with E-state index in [1.165, 1.54) is 0 Å². The van der Waals surface area contributed by atoms with Gasteiger partial charge in [0.25, 0.3) is 0 Å². The maximum atomic E-state index is 5.58. The van der Waals surface area contributed by atoms with Gasteiger partial charge in [-0.1, -0.05) is 0 Å². The van der Waals surface area contributed by atoms with E-state index in [1.54, 1.807) is 0 Å². The molecule has 0 spiro atoms. The molecule has 3 heteroatoms. The molecule has 7 heavy (non-hydrogen) atoms. The van der Waals surface area contributed by atoms with Gasteiger partial charge in [-0.15, -0.1) is 0 Å². The molecule has 0 aliphatic carbocycles. The summed E-state index contributed by atoms with van der Waals surface area (Å²) in [6.07, 6.45) is 0. The molecule has 0 unspecified atom stereocenters. The Morgan fingerprint density at radius 1 is 1.43 bits per heavy atom. The van der Waals surface area contributed by atoms with Crippen molar-refractivity contribution >= 4 is 37.7 Å². The molecule has 0 amide bonds. The Hall–Kier alpha value is 0.579. The normalized spacial score (nSPS) is 9.43. The summed E-state index contributed by atoms with van der Waals surface area (Å²) < 4.78 is 0.814. The minimum atomic E-state index is 0.332. The van der Waals surface area contributed by atoms with Crippen LogP contribution in [0.3, 0.4) is 0 Å². The number of rotatable bonds is 0. The summed E-state index contributed by atoms with van der Waals surface area (Å²) in [5.74, 6) is 0. The predicted octanol–water partition coefficient (Wildman–Crippen LogP) is 2.05. The van der Waals surface area contributed by atoms with Gasteiger partial charge in [0.15, 0.2) is 0 Å². The zero-order valence-corrected chi connectivity index (χ0v) is 6.54. The third-order valence-electron chi connectivity index (χ3n) is 0.574. The molecule has 0 aliphatic heterocycles. The molecular weight excluding hydrogens is 198 g/mol. The third-order valence-corrected chi connectivity index (χ3v) is 3.37. The summed E-state index contributed by atoms with van der Waals surface area (Å²) in [4.78, 5) is 2.00. The molecule has 0 saturated carbocycles. The van der Waals surface area contributed by atoms with Crippen molar-refractivity contribution in [2.45, 2.75) is 0 Å². The van der Waals surface area contributed by atoms with Crippen molar-refractivity contribution in [2.24, 2.45) is 0 Å². The third kappa shape index (κ3) is 1.23. The van der Waals surface area contributed by atoms with Crippen molar-refractivity contribution in [3.8, 4) is 0 Å². The van der Waals surface area contributed by atoms with Gasteiger partial charge < -0.3 is 0 Å². The zero-order valence-electron chi connectivity index (χ0n) is 3.32. The van der Waals surface area contributed by atoms with Crippen molar-refractivity contribution < 1.29 is 0 Å². The summed E-state index contributed by atoms with van der Waals surface area (Å²) >= 11 is 11.4. The van der Waals surface area contributed by atoms with Crippen molar-refractivity contribution in [3.05, 3.63) is 19.9 Å². The first-order valence-corrected chi connectivity index (χ1v) is 4.29. The Kier molecular flexibility index (Phi) is 1.82. The Labute approximate surface area is 57.8 Å². The maximum absolute atomic E-state index is 5.58. The Morgan fingerprint density at radius 3 is 2.29 bits per heavy atom. The average Bonchev–Trinajstić information content (AvgIpc) is 1.91. The minimum absolute atomic E-state index is 0.332. The molecule has 0 aromatic carbocycles. The standard InChI is InChI=1S/C4H2Cl2Se/c5-3-1-2-7-4(3)6/h1-2H. The first-order valence-electron chi connectivity index (χ1n) is 1.69. The van der Waals surface area contributed by atoms with Gasteiger partial charge >= 0.3 is 57.6 Å². The molecule has 0 N–H and O–H groups in total. The van der Waals surface area contributed by atoms with E-state index in [2.05, 4.69) is 0 Å². The topological polar surface area (TPSA) is 0 Å². The van der Waals surface area contributed by atoms with Crippen LogP contribution in [0.15, 0.2) is 11.0 Å². The molecule has 0 saturated heterocycles. The van der Waals surface area contributed by atoms with Crippen LogP contribution >= 0.6 is 23.2 Å². The molecule has 1 rings (SSSR count). The molecule has 0 bridgehead atoms. The van der Waals surface area contributed by atoms with Crippen LogP contribution in [0.25, 0.3) is 0 Å². The number of halogens is 2. The molecule has 1 aromatic rings. The number of hydrogen-bond acceptors (Lipinski definition) is 0. The van der Waals surface area contributed by atoms with E-state index in [-0.39, 0.29) is 0 Å². The molecule has 0 radical (unpaired) electrons. The van der Waals surface area contributed by atoms with E-state index in [4.69, 9.17) is 23.2 Å². The van der Waals surface area contributed by atoms with Crippen LogP contribution in [0.4, 0.5) is 0 Å². The molecule has 0 nitrogen and oxygen atoms in total. The second-order valence-electron chi connectivity index (χ2n) is 1.04. The van der Waals surface area contributed by atoms with Crippen molar-refractivity contribution in [1.29, 1.82) is 0 Å². The predicted molar refractivity (Wildman–Crippen MR) is 33.4 cm³/mol. The quantitative estimate of drug-likeness (QED) is 0.562. The van der Waals surface area contributed by atoms with Crippen LogP contribution in [-0.2, 0) is 0 Å². The molecule has 38 valence electrons. The molecular formula is C4H2Cl2Se. The molecule has 0 atom stereocenters. The summed E-state index contributed by atoms with van der Waals surface area (Å²) in [7, 11) is 0. The van der Waals surface area contributed by atoms with E-state index in [1.807, 2.05) is 11.0 Å². The van der Waals surface area contributed by atoms with Crippen molar-refractivity contribution in [1.82, 2.24) is 0 Å². The van der Waals surface area contributed by atoms with Crippen LogP contribution < -0.4 is 0 Å². The Bertz CT molecular complexity index is 142. The van der Waals surface area contributed by atoms with Gasteiger partial charge in [-0.25, -0.2) is 0 Å². The van der Waals surface area contributed by atoms with E-state index in [0.717, 1.165) is 3.90 Å². The first-order chi connectivity index (χ1) is 3.30. The second-order valence-corrected chi connectivity index (χ2v) is 4.26. The van der Waals surface area contributed by atoms with Crippen molar-refractivity contribution in [2.75, 3.05) is 0 Å². The Balaban J connectivity index is 3.12. The van der Waals surface area contributed by atoms with E-state index in [0.29, 0.717) is 19.5 Å². The van der Waals surface area contributed by atoms with E-state index in [9.17, 15) is 0 Å². The van der Waals surface area contributed by atoms with Gasteiger partial charge in [0.1, 0.15) is 0 Å². The van der Waals surface area contributed by atoms with Crippen LogP contribution in [0.5, 0.6) is 0 Å². The fourth-order valence-corrected chi connectivity index (χ4v) is 2.13. The molecule has 0 fully saturated rings. The van der Waals surface area contributed by atoms with Crippen LogP contribution in [-0.4, -0.2) is 14.5 Å². The number of hydrogen-bond donors (Lipinski definition) is 0. The second kappa shape index (κ2) is 2.23. The summed E-state index contributed by atoms with van der Waals surface area (Å²) in [6, 6.07) is 1.84. The van der Waals surface area contributed by atoms with Gasteiger partial charge in [-0.05, 0) is 0 Å². The fourth-order valence-electron chi connectivity index (χ4n) is 0.275. The fraction of sp³-hybridized carbons (Fsp3) is 0. The van der Waals surface area contributed by atoms with Gasteiger partial charge in [0.05, 0.1) is 0 Å². The van der Waals surface area contributed by atoms with Crippen molar-refractivity contribution in [3.63, 3.8) is 0 Å².